The third-order valence-corrected chi connectivity index (χ3v) is 6.02. The lowest BCUT2D eigenvalue weighted by Gasteiger charge is -2.37. The van der Waals surface area contributed by atoms with Gasteiger partial charge in [-0.25, -0.2) is 0 Å². The molecule has 0 aromatic carbocycles. The summed E-state index contributed by atoms with van der Waals surface area (Å²) in [4.78, 5) is 9.80. The lowest BCUT2D eigenvalue weighted by Crippen LogP contribution is -2.53. The van der Waals surface area contributed by atoms with Gasteiger partial charge in [0.15, 0.2) is 5.96 Å². The summed E-state index contributed by atoms with van der Waals surface area (Å²) >= 11 is 0. The normalized spacial score (nSPS) is 28.7. The summed E-state index contributed by atoms with van der Waals surface area (Å²) < 4.78 is 11.8. The number of nitrogens with one attached hydrogen (secondary N) is 1. The summed E-state index contributed by atoms with van der Waals surface area (Å²) in [5.41, 5.74) is 0. The average Bonchev–Trinajstić information content (AvgIpc) is 3.23. The second kappa shape index (κ2) is 10.5. The Hall–Kier alpha value is -0.850. The topological polar surface area (TPSA) is 49.3 Å². The summed E-state index contributed by atoms with van der Waals surface area (Å²) in [6.07, 6.45) is 9.62. The minimum Gasteiger partial charge on any atom is -0.375 e. The van der Waals surface area contributed by atoms with E-state index in [1.807, 2.05) is 0 Å². The lowest BCUT2D eigenvalue weighted by molar-refractivity contribution is -0.0817. The maximum atomic E-state index is 5.98. The second-order valence-corrected chi connectivity index (χ2v) is 7.91. The smallest absolute Gasteiger partial charge is 0.194 e. The van der Waals surface area contributed by atoms with Gasteiger partial charge >= 0.3 is 0 Å². The molecule has 3 aliphatic rings. The van der Waals surface area contributed by atoms with Gasteiger partial charge in [-0.2, -0.15) is 0 Å². The van der Waals surface area contributed by atoms with E-state index in [0.29, 0.717) is 0 Å². The Kier molecular flexibility index (Phi) is 8.02. The first-order valence-electron chi connectivity index (χ1n) is 10.7. The maximum absolute atomic E-state index is 5.98. The molecular formula is C20H38N4O2. The van der Waals surface area contributed by atoms with Crippen LogP contribution in [0.15, 0.2) is 4.99 Å². The number of rotatable bonds is 6. The molecule has 0 spiro atoms. The molecule has 150 valence electrons. The first-order valence-corrected chi connectivity index (χ1v) is 10.7. The van der Waals surface area contributed by atoms with Gasteiger partial charge in [0.2, 0.25) is 0 Å². The number of hydrogen-bond acceptors (Lipinski definition) is 4. The van der Waals surface area contributed by atoms with E-state index in [9.17, 15) is 0 Å². The zero-order chi connectivity index (χ0) is 18.2. The predicted molar refractivity (Wildman–Crippen MR) is 106 cm³/mol. The first-order chi connectivity index (χ1) is 12.8. The minimum atomic E-state index is 0.181. The van der Waals surface area contributed by atoms with E-state index in [1.165, 1.54) is 32.1 Å². The van der Waals surface area contributed by atoms with Crippen LogP contribution in [0.5, 0.6) is 0 Å². The number of aliphatic imine (C=N–C) groups is 1. The van der Waals surface area contributed by atoms with Gasteiger partial charge in [0.1, 0.15) is 6.10 Å². The third-order valence-electron chi connectivity index (χ3n) is 6.02. The molecule has 3 fully saturated rings. The van der Waals surface area contributed by atoms with E-state index in [2.05, 4.69) is 29.1 Å². The largest absolute Gasteiger partial charge is 0.375 e. The lowest BCUT2D eigenvalue weighted by atomic mass is 9.94. The second-order valence-electron chi connectivity index (χ2n) is 7.91. The zero-order valence-electron chi connectivity index (χ0n) is 16.8. The zero-order valence-corrected chi connectivity index (χ0v) is 16.8. The van der Waals surface area contributed by atoms with Crippen molar-refractivity contribution in [3.63, 3.8) is 0 Å². The van der Waals surface area contributed by atoms with Crippen LogP contribution in [0.3, 0.4) is 0 Å². The number of nitrogens with zero attached hydrogens (tertiary/aromatic N) is 3. The molecule has 2 heterocycles. The monoisotopic (exact) mass is 366 g/mol. The van der Waals surface area contributed by atoms with Crippen LogP contribution in [-0.2, 0) is 9.47 Å². The molecule has 1 saturated carbocycles. The maximum Gasteiger partial charge on any atom is 0.194 e. The molecule has 1 aliphatic carbocycles. The molecule has 0 aromatic heterocycles. The molecular weight excluding hydrogens is 328 g/mol. The van der Waals surface area contributed by atoms with Crippen LogP contribution >= 0.6 is 0 Å². The number of likely N-dealkylation sites (N-methyl/N-ethyl adjacent to an activating group) is 1. The van der Waals surface area contributed by atoms with E-state index in [-0.39, 0.29) is 12.2 Å². The highest BCUT2D eigenvalue weighted by Gasteiger charge is 2.32. The Morgan fingerprint density at radius 2 is 1.88 bits per heavy atom. The number of morpholine rings is 1. The quantitative estimate of drug-likeness (QED) is 0.576. The summed E-state index contributed by atoms with van der Waals surface area (Å²) in [6, 6.07) is 0.758. The van der Waals surface area contributed by atoms with E-state index in [1.54, 1.807) is 0 Å². The summed E-state index contributed by atoms with van der Waals surface area (Å²) in [5, 5.41) is 3.48. The van der Waals surface area contributed by atoms with Crippen molar-refractivity contribution in [2.24, 2.45) is 4.99 Å². The minimum absolute atomic E-state index is 0.181. The van der Waals surface area contributed by atoms with E-state index in [0.717, 1.165) is 70.8 Å². The van der Waals surface area contributed by atoms with Gasteiger partial charge in [0.05, 0.1) is 19.3 Å². The number of guanidine groups is 1. The third kappa shape index (κ3) is 5.57. The Morgan fingerprint density at radius 1 is 1.08 bits per heavy atom. The van der Waals surface area contributed by atoms with Crippen LogP contribution in [-0.4, -0.2) is 87.0 Å². The molecule has 2 atom stereocenters. The van der Waals surface area contributed by atoms with Crippen molar-refractivity contribution in [1.82, 2.24) is 15.1 Å². The molecule has 6 heteroatoms. The highest BCUT2D eigenvalue weighted by molar-refractivity contribution is 5.80. The van der Waals surface area contributed by atoms with Crippen LogP contribution < -0.4 is 5.32 Å². The fraction of sp³-hybridized carbons (Fsp3) is 0.950. The van der Waals surface area contributed by atoms with Crippen molar-refractivity contribution in [2.75, 3.05) is 53.0 Å². The van der Waals surface area contributed by atoms with Gasteiger partial charge in [-0.05, 0) is 39.7 Å². The summed E-state index contributed by atoms with van der Waals surface area (Å²) in [5.74, 6) is 1.04. The summed E-state index contributed by atoms with van der Waals surface area (Å²) in [6.45, 7) is 8.38. The number of hydrogen-bond donors (Lipinski definition) is 1. The van der Waals surface area contributed by atoms with Gasteiger partial charge in [0, 0.05) is 38.8 Å². The highest BCUT2D eigenvalue weighted by Crippen LogP contribution is 2.22. The van der Waals surface area contributed by atoms with Crippen molar-refractivity contribution < 1.29 is 9.47 Å². The fourth-order valence-corrected chi connectivity index (χ4v) is 4.43. The van der Waals surface area contributed by atoms with Gasteiger partial charge in [-0.1, -0.05) is 19.3 Å². The first kappa shape index (κ1) is 19.9. The van der Waals surface area contributed by atoms with Crippen molar-refractivity contribution in [1.29, 1.82) is 0 Å². The highest BCUT2D eigenvalue weighted by atomic mass is 16.5. The van der Waals surface area contributed by atoms with Gasteiger partial charge in [0.25, 0.3) is 0 Å². The Bertz CT molecular complexity index is 434. The molecule has 0 amide bonds. The SMILES string of the molecule is CCNC(=NCCN(C)C1CCCCC1)N1CCOC(C2CCCO2)C1. The van der Waals surface area contributed by atoms with Crippen molar-refractivity contribution in [3.05, 3.63) is 0 Å². The van der Waals surface area contributed by atoms with Crippen molar-refractivity contribution in [2.45, 2.75) is 70.1 Å². The Balaban J connectivity index is 1.50. The molecule has 0 radical (unpaired) electrons. The molecule has 0 aromatic rings. The fourth-order valence-electron chi connectivity index (χ4n) is 4.43. The molecule has 6 nitrogen and oxygen atoms in total. The Morgan fingerprint density at radius 3 is 2.62 bits per heavy atom. The van der Waals surface area contributed by atoms with Crippen LogP contribution in [0.2, 0.25) is 0 Å². The average molecular weight is 367 g/mol. The van der Waals surface area contributed by atoms with E-state index >= 15 is 0 Å². The molecule has 1 N–H and O–H groups in total. The van der Waals surface area contributed by atoms with Crippen LogP contribution in [0, 0.1) is 0 Å². The number of ether oxygens (including phenoxy) is 2. The molecule has 3 rings (SSSR count). The van der Waals surface area contributed by atoms with E-state index < -0.39 is 0 Å². The molecule has 2 unspecified atom stereocenters. The summed E-state index contributed by atoms with van der Waals surface area (Å²) in [7, 11) is 2.26. The predicted octanol–water partition coefficient (Wildman–Crippen LogP) is 2.10. The Labute approximate surface area is 159 Å². The van der Waals surface area contributed by atoms with Crippen molar-refractivity contribution >= 4 is 5.96 Å². The molecule has 2 aliphatic heterocycles. The van der Waals surface area contributed by atoms with Crippen LogP contribution in [0.1, 0.15) is 51.9 Å². The van der Waals surface area contributed by atoms with Gasteiger partial charge < -0.3 is 24.6 Å². The molecule has 26 heavy (non-hydrogen) atoms. The van der Waals surface area contributed by atoms with Gasteiger partial charge in [-0.15, -0.1) is 0 Å². The van der Waals surface area contributed by atoms with E-state index in [4.69, 9.17) is 14.5 Å². The van der Waals surface area contributed by atoms with Crippen LogP contribution in [0.4, 0.5) is 0 Å². The standard InChI is InChI=1S/C20H38N4O2/c1-3-21-20(22-11-12-23(2)17-8-5-4-6-9-17)24-13-15-26-19(16-24)18-10-7-14-25-18/h17-19H,3-16H2,1-2H3,(H,21,22). The molecule has 2 saturated heterocycles. The molecule has 0 bridgehead atoms. The van der Waals surface area contributed by atoms with Crippen LogP contribution in [0.25, 0.3) is 0 Å². The van der Waals surface area contributed by atoms with Crippen molar-refractivity contribution in [3.8, 4) is 0 Å². The van der Waals surface area contributed by atoms with Gasteiger partial charge in [-0.3, -0.25) is 4.99 Å².